The molecule has 0 amide bonds. The van der Waals surface area contributed by atoms with Gasteiger partial charge in [0.2, 0.25) is 0 Å². The number of nitrogens with zero attached hydrogens (tertiary/aromatic N) is 2. The summed E-state index contributed by atoms with van der Waals surface area (Å²) in [6, 6.07) is 2.58. The van der Waals surface area contributed by atoms with E-state index < -0.39 is 0 Å². The Bertz CT molecular complexity index is 112. The number of unbranched alkanes of at least 4 members (excludes halogenated alkanes) is 3. The molecule has 0 unspecified atom stereocenters. The molecule has 2 heteroatoms. The molecule has 0 bridgehead atoms. The first-order valence-corrected chi connectivity index (χ1v) is 3.92. The van der Waals surface area contributed by atoms with Gasteiger partial charge in [0, 0.05) is 13.6 Å². The van der Waals surface area contributed by atoms with Crippen LogP contribution < -0.4 is 0 Å². The maximum atomic E-state index is 3.94. The van der Waals surface area contributed by atoms with Gasteiger partial charge in [-0.3, -0.25) is 0 Å². The van der Waals surface area contributed by atoms with Gasteiger partial charge in [-0.2, -0.15) is 0 Å². The van der Waals surface area contributed by atoms with Crippen molar-refractivity contribution >= 4 is 6.01 Å². The highest BCUT2D eigenvalue weighted by Crippen LogP contribution is 1.97. The topological polar surface area (TPSA) is 24.7 Å². The quantitative estimate of drug-likeness (QED) is 0.414. The molecular formula is C8H16N2. The molecule has 0 atom stereocenters. The van der Waals surface area contributed by atoms with Crippen molar-refractivity contribution in [2.24, 2.45) is 9.98 Å². The molecule has 2 nitrogen and oxygen atoms in total. The third kappa shape index (κ3) is 7.38. The van der Waals surface area contributed by atoms with Crippen LogP contribution in [-0.2, 0) is 0 Å². The van der Waals surface area contributed by atoms with E-state index in [9.17, 15) is 0 Å². The van der Waals surface area contributed by atoms with Crippen molar-refractivity contribution in [2.45, 2.75) is 32.6 Å². The summed E-state index contributed by atoms with van der Waals surface area (Å²) in [7, 11) is 1.69. The smallest absolute Gasteiger partial charge is 0.0889 e. The second-order valence-electron chi connectivity index (χ2n) is 2.27. The lowest BCUT2D eigenvalue weighted by Crippen LogP contribution is -1.80. The van der Waals surface area contributed by atoms with E-state index in [4.69, 9.17) is 0 Å². The third-order valence-electron chi connectivity index (χ3n) is 1.29. The summed E-state index contributed by atoms with van der Waals surface area (Å²) in [5, 5.41) is 0. The molecule has 0 saturated carbocycles. The Balaban J connectivity index is 2.97. The first kappa shape index (κ1) is 9.38. The van der Waals surface area contributed by atoms with Crippen molar-refractivity contribution in [1.82, 2.24) is 0 Å². The summed E-state index contributed by atoms with van der Waals surface area (Å²) in [5.41, 5.74) is 0. The van der Waals surface area contributed by atoms with E-state index in [2.05, 4.69) is 22.9 Å². The molecule has 0 N–H and O–H groups in total. The Morgan fingerprint density at radius 1 is 1.20 bits per heavy atom. The van der Waals surface area contributed by atoms with Crippen LogP contribution in [0.5, 0.6) is 0 Å². The van der Waals surface area contributed by atoms with Crippen LogP contribution in [0.3, 0.4) is 0 Å². The van der Waals surface area contributed by atoms with E-state index in [0.717, 1.165) is 6.54 Å². The Morgan fingerprint density at radius 2 is 2.00 bits per heavy atom. The molecule has 0 fully saturated rings. The molecule has 0 aromatic rings. The van der Waals surface area contributed by atoms with Gasteiger partial charge in [0.15, 0.2) is 0 Å². The zero-order chi connectivity index (χ0) is 7.66. The highest BCUT2D eigenvalue weighted by Gasteiger charge is 1.83. The minimum absolute atomic E-state index is 0.886. The molecular weight excluding hydrogens is 124 g/mol. The molecule has 0 rings (SSSR count). The van der Waals surface area contributed by atoms with E-state index in [1.54, 1.807) is 7.05 Å². The second kappa shape index (κ2) is 8.38. The normalized spacial score (nSPS) is 8.60. The molecule has 0 aliphatic carbocycles. The lowest BCUT2D eigenvalue weighted by molar-refractivity contribution is 0.676. The molecule has 0 aliphatic rings. The number of hydrogen-bond donors (Lipinski definition) is 0. The predicted molar refractivity (Wildman–Crippen MR) is 44.8 cm³/mol. The van der Waals surface area contributed by atoms with Crippen molar-refractivity contribution in [1.29, 1.82) is 0 Å². The zero-order valence-corrected chi connectivity index (χ0v) is 6.93. The Labute approximate surface area is 63.1 Å². The van der Waals surface area contributed by atoms with Crippen molar-refractivity contribution < 1.29 is 0 Å². The van der Waals surface area contributed by atoms with Gasteiger partial charge in [-0.05, 0) is 6.42 Å². The minimum atomic E-state index is 0.886. The number of aliphatic imine (C=N–C) groups is 2. The lowest BCUT2D eigenvalue weighted by Gasteiger charge is -1.91. The summed E-state index contributed by atoms with van der Waals surface area (Å²) < 4.78 is 0. The van der Waals surface area contributed by atoms with Crippen LogP contribution in [-0.4, -0.2) is 19.6 Å². The summed E-state index contributed by atoms with van der Waals surface area (Å²) >= 11 is 0. The van der Waals surface area contributed by atoms with Gasteiger partial charge in [-0.15, -0.1) is 0 Å². The van der Waals surface area contributed by atoms with Crippen molar-refractivity contribution in [2.75, 3.05) is 13.6 Å². The van der Waals surface area contributed by atoms with E-state index in [1.165, 1.54) is 25.7 Å². The van der Waals surface area contributed by atoms with E-state index >= 15 is 0 Å². The van der Waals surface area contributed by atoms with Gasteiger partial charge in [-0.1, -0.05) is 26.2 Å². The molecule has 58 valence electrons. The molecule has 0 spiro atoms. The standard InChI is InChI=1S/C8H16N2/c1-3-4-5-6-7-10-8-9-2/h3-7H2,1-2H3. The number of rotatable bonds is 5. The molecule has 0 heterocycles. The van der Waals surface area contributed by atoms with Crippen LogP contribution in [0.4, 0.5) is 0 Å². The zero-order valence-electron chi connectivity index (χ0n) is 6.93. The fourth-order valence-corrected chi connectivity index (χ4v) is 0.738. The largest absolute Gasteiger partial charge is 0.229 e. The van der Waals surface area contributed by atoms with Crippen LogP contribution in [0.15, 0.2) is 9.98 Å². The molecule has 10 heavy (non-hydrogen) atoms. The SMILES string of the molecule is CCCCCCN=C=NC. The van der Waals surface area contributed by atoms with Crippen molar-refractivity contribution in [3.63, 3.8) is 0 Å². The van der Waals surface area contributed by atoms with Gasteiger partial charge >= 0.3 is 0 Å². The molecule has 0 aromatic heterocycles. The van der Waals surface area contributed by atoms with Crippen molar-refractivity contribution in [3.05, 3.63) is 0 Å². The Morgan fingerprint density at radius 3 is 2.60 bits per heavy atom. The lowest BCUT2D eigenvalue weighted by atomic mass is 10.2. The molecule has 0 aliphatic heterocycles. The van der Waals surface area contributed by atoms with E-state index in [0.29, 0.717) is 0 Å². The Hall–Kier alpha value is -0.620. The molecule has 0 saturated heterocycles. The van der Waals surface area contributed by atoms with Crippen LogP contribution in [0.25, 0.3) is 0 Å². The highest BCUT2D eigenvalue weighted by molar-refractivity contribution is 5.40. The van der Waals surface area contributed by atoms with E-state index in [-0.39, 0.29) is 0 Å². The van der Waals surface area contributed by atoms with Crippen LogP contribution in [0.2, 0.25) is 0 Å². The average Bonchev–Trinajstić information content (AvgIpc) is 1.97. The summed E-state index contributed by atoms with van der Waals surface area (Å²) in [6.45, 7) is 3.09. The van der Waals surface area contributed by atoms with Crippen molar-refractivity contribution in [3.8, 4) is 0 Å². The maximum absolute atomic E-state index is 3.94. The molecule has 0 radical (unpaired) electrons. The summed E-state index contributed by atoms with van der Waals surface area (Å²) in [6.07, 6.45) is 5.06. The average molecular weight is 140 g/mol. The Kier molecular flexibility index (Phi) is 7.86. The predicted octanol–water partition coefficient (Wildman–Crippen LogP) is 2.37. The maximum Gasteiger partial charge on any atom is 0.0889 e. The fourth-order valence-electron chi connectivity index (χ4n) is 0.738. The minimum Gasteiger partial charge on any atom is -0.229 e. The van der Waals surface area contributed by atoms with Gasteiger partial charge in [0.25, 0.3) is 0 Å². The highest BCUT2D eigenvalue weighted by atomic mass is 14.8. The number of hydrogen-bond acceptors (Lipinski definition) is 2. The first-order valence-electron chi connectivity index (χ1n) is 3.92. The molecule has 0 aromatic carbocycles. The summed E-state index contributed by atoms with van der Waals surface area (Å²) in [5.74, 6) is 0. The summed E-state index contributed by atoms with van der Waals surface area (Å²) in [4.78, 5) is 7.58. The third-order valence-corrected chi connectivity index (χ3v) is 1.29. The van der Waals surface area contributed by atoms with Gasteiger partial charge in [-0.25, -0.2) is 9.98 Å². The fraction of sp³-hybridized carbons (Fsp3) is 0.875. The van der Waals surface area contributed by atoms with Crippen LogP contribution >= 0.6 is 0 Å². The van der Waals surface area contributed by atoms with E-state index in [1.807, 2.05) is 0 Å². The van der Waals surface area contributed by atoms with Gasteiger partial charge in [0.05, 0.1) is 6.01 Å². The van der Waals surface area contributed by atoms with Gasteiger partial charge in [0.1, 0.15) is 0 Å². The van der Waals surface area contributed by atoms with Gasteiger partial charge < -0.3 is 0 Å². The second-order valence-corrected chi connectivity index (χ2v) is 2.27. The first-order chi connectivity index (χ1) is 4.91. The van der Waals surface area contributed by atoms with Crippen LogP contribution in [0.1, 0.15) is 32.6 Å². The van der Waals surface area contributed by atoms with Crippen LogP contribution in [0, 0.1) is 0 Å². The monoisotopic (exact) mass is 140 g/mol.